The van der Waals surface area contributed by atoms with Crippen LogP contribution in [0.25, 0.3) is 0 Å². The molecule has 32 heavy (non-hydrogen) atoms. The number of amides is 1. The van der Waals surface area contributed by atoms with Gasteiger partial charge in [-0.05, 0) is 13.0 Å². The van der Waals surface area contributed by atoms with E-state index in [4.69, 9.17) is 10.5 Å². The van der Waals surface area contributed by atoms with Gasteiger partial charge in [0.05, 0.1) is 42.5 Å². The maximum atomic E-state index is 13.5. The van der Waals surface area contributed by atoms with Crippen LogP contribution in [0.2, 0.25) is 0 Å². The van der Waals surface area contributed by atoms with Crippen LogP contribution in [-0.2, 0) is 9.53 Å². The molecule has 3 aliphatic rings. The first-order valence-corrected chi connectivity index (χ1v) is 10.9. The summed E-state index contributed by atoms with van der Waals surface area (Å²) >= 11 is 0. The van der Waals surface area contributed by atoms with Gasteiger partial charge in [0.1, 0.15) is 12.1 Å². The smallest absolute Gasteiger partial charge is 0.234 e. The molecular formula is C20H31FN8O3. The van der Waals surface area contributed by atoms with Gasteiger partial charge in [-0.1, -0.05) is 5.18 Å². The SMILES string of the molecule is CC1(N2CCN(c3ccncc3NC(=O)C(C(N)N=O)C3NCC(F)CN3)CC2)COC1. The van der Waals surface area contributed by atoms with E-state index >= 15 is 0 Å². The third-order valence-corrected chi connectivity index (χ3v) is 6.54. The maximum Gasteiger partial charge on any atom is 0.234 e. The number of halogens is 1. The Balaban J connectivity index is 1.44. The molecule has 4 heterocycles. The largest absolute Gasteiger partial charge is 0.377 e. The zero-order valence-electron chi connectivity index (χ0n) is 18.2. The molecule has 11 nitrogen and oxygen atoms in total. The predicted molar refractivity (Wildman–Crippen MR) is 118 cm³/mol. The molecule has 2 unspecified atom stereocenters. The number of alkyl halides is 1. The van der Waals surface area contributed by atoms with Gasteiger partial charge >= 0.3 is 0 Å². The lowest BCUT2D eigenvalue weighted by molar-refractivity contribution is -0.131. The van der Waals surface area contributed by atoms with Crippen molar-refractivity contribution in [2.45, 2.75) is 31.0 Å². The molecule has 0 bridgehead atoms. The lowest BCUT2D eigenvalue weighted by Crippen LogP contribution is -2.64. The molecule has 12 heteroatoms. The summed E-state index contributed by atoms with van der Waals surface area (Å²) in [5.74, 6) is -1.49. The van der Waals surface area contributed by atoms with Crippen molar-refractivity contribution in [3.8, 4) is 0 Å². The molecule has 3 fully saturated rings. The van der Waals surface area contributed by atoms with Crippen molar-refractivity contribution in [2.24, 2.45) is 16.8 Å². The summed E-state index contributed by atoms with van der Waals surface area (Å²) in [5.41, 5.74) is 7.32. The average molecular weight is 451 g/mol. The molecule has 5 N–H and O–H groups in total. The van der Waals surface area contributed by atoms with Crippen LogP contribution < -0.4 is 26.6 Å². The number of aromatic nitrogens is 1. The van der Waals surface area contributed by atoms with Crippen molar-refractivity contribution >= 4 is 17.3 Å². The molecule has 1 aromatic rings. The van der Waals surface area contributed by atoms with Crippen molar-refractivity contribution < 1.29 is 13.9 Å². The van der Waals surface area contributed by atoms with Gasteiger partial charge < -0.3 is 20.7 Å². The number of nitroso groups, excluding NO2 is 1. The van der Waals surface area contributed by atoms with Gasteiger partial charge in [0, 0.05) is 45.5 Å². The minimum atomic E-state index is -1.29. The summed E-state index contributed by atoms with van der Waals surface area (Å²) in [6.07, 6.45) is 0.235. The lowest BCUT2D eigenvalue weighted by Gasteiger charge is -2.50. The molecular weight excluding hydrogens is 419 g/mol. The van der Waals surface area contributed by atoms with E-state index in [1.54, 1.807) is 12.4 Å². The Kier molecular flexibility index (Phi) is 6.96. The molecule has 0 aromatic carbocycles. The van der Waals surface area contributed by atoms with E-state index < -0.39 is 30.3 Å². The number of pyridine rings is 1. The Morgan fingerprint density at radius 2 is 2.03 bits per heavy atom. The summed E-state index contributed by atoms with van der Waals surface area (Å²) in [5, 5.41) is 11.5. The second kappa shape index (κ2) is 9.71. The molecule has 2 atom stereocenters. The fourth-order valence-electron chi connectivity index (χ4n) is 4.52. The van der Waals surface area contributed by atoms with Gasteiger partial charge in [0.15, 0.2) is 6.17 Å². The number of nitrogens with two attached hydrogens (primary N) is 1. The van der Waals surface area contributed by atoms with E-state index in [0.717, 1.165) is 45.1 Å². The quantitative estimate of drug-likeness (QED) is 0.404. The van der Waals surface area contributed by atoms with Crippen LogP contribution in [0.4, 0.5) is 15.8 Å². The molecule has 0 aliphatic carbocycles. The minimum absolute atomic E-state index is 0.0689. The van der Waals surface area contributed by atoms with Crippen LogP contribution in [0, 0.1) is 10.8 Å². The summed E-state index contributed by atoms with van der Waals surface area (Å²) in [7, 11) is 0. The number of ether oxygens (including phenoxy) is 1. The number of nitrogens with zero attached hydrogens (tertiary/aromatic N) is 4. The fraction of sp³-hybridized carbons (Fsp3) is 0.700. The molecule has 1 aromatic heterocycles. The Morgan fingerprint density at radius 1 is 1.34 bits per heavy atom. The number of carbonyl (C=O) groups excluding carboxylic acids is 1. The van der Waals surface area contributed by atoms with Crippen LogP contribution in [0.5, 0.6) is 0 Å². The number of hydrogen-bond acceptors (Lipinski definition) is 10. The van der Waals surface area contributed by atoms with Crippen molar-refractivity contribution in [3.63, 3.8) is 0 Å². The number of rotatable bonds is 7. The lowest BCUT2D eigenvalue weighted by atomic mass is 9.97. The van der Waals surface area contributed by atoms with Crippen LogP contribution in [0.3, 0.4) is 0 Å². The Labute approximate surface area is 186 Å². The average Bonchev–Trinajstić information content (AvgIpc) is 2.79. The van der Waals surface area contributed by atoms with Crippen LogP contribution in [-0.4, -0.2) is 92.3 Å². The first-order valence-electron chi connectivity index (χ1n) is 10.9. The van der Waals surface area contributed by atoms with Gasteiger partial charge in [-0.25, -0.2) is 4.39 Å². The molecule has 1 amide bonds. The third-order valence-electron chi connectivity index (χ3n) is 6.54. The zero-order chi connectivity index (χ0) is 22.7. The van der Waals surface area contributed by atoms with E-state index in [2.05, 4.69) is 42.8 Å². The van der Waals surface area contributed by atoms with Gasteiger partial charge in [0.2, 0.25) is 5.91 Å². The maximum absolute atomic E-state index is 13.5. The summed E-state index contributed by atoms with van der Waals surface area (Å²) < 4.78 is 18.9. The summed E-state index contributed by atoms with van der Waals surface area (Å²) in [4.78, 5) is 33.1. The van der Waals surface area contributed by atoms with Crippen molar-refractivity contribution in [1.29, 1.82) is 0 Å². The van der Waals surface area contributed by atoms with Crippen LogP contribution in [0.1, 0.15) is 6.92 Å². The van der Waals surface area contributed by atoms with Crippen LogP contribution >= 0.6 is 0 Å². The van der Waals surface area contributed by atoms with E-state index in [9.17, 15) is 14.1 Å². The second-order valence-electron chi connectivity index (χ2n) is 8.86. The monoisotopic (exact) mass is 450 g/mol. The first-order chi connectivity index (χ1) is 15.4. The van der Waals surface area contributed by atoms with Crippen molar-refractivity contribution in [2.75, 3.05) is 62.7 Å². The molecule has 3 saturated heterocycles. The standard InChI is InChI=1S/C20H31FN8O3/c1-20(11-32-12-20)29-6-4-28(5-7-29)15-2-3-23-10-14(15)26-19(30)16(17(22)27-31)18-24-8-13(21)9-25-18/h2-3,10,13,16-18,24-25H,4-9,11-12,22H2,1H3,(H,26,30). The van der Waals surface area contributed by atoms with Crippen molar-refractivity contribution in [3.05, 3.63) is 23.4 Å². The number of nitrogens with one attached hydrogen (secondary N) is 3. The van der Waals surface area contributed by atoms with E-state index in [0.29, 0.717) is 5.69 Å². The highest BCUT2D eigenvalue weighted by atomic mass is 19.1. The predicted octanol–water partition coefficient (Wildman–Crippen LogP) is -0.545. The summed E-state index contributed by atoms with van der Waals surface area (Å²) in [6.45, 7) is 7.23. The normalized spacial score (nSPS) is 27.8. The Bertz CT molecular complexity index is 810. The molecule has 176 valence electrons. The highest BCUT2D eigenvalue weighted by Crippen LogP contribution is 2.30. The molecule has 4 rings (SSSR count). The van der Waals surface area contributed by atoms with Gasteiger partial charge in [-0.3, -0.25) is 25.3 Å². The van der Waals surface area contributed by atoms with E-state index in [-0.39, 0.29) is 18.6 Å². The number of carbonyl (C=O) groups is 1. The highest BCUT2D eigenvalue weighted by Gasteiger charge is 2.41. The van der Waals surface area contributed by atoms with Crippen molar-refractivity contribution in [1.82, 2.24) is 20.5 Å². The molecule has 0 spiro atoms. The zero-order valence-corrected chi connectivity index (χ0v) is 18.2. The van der Waals surface area contributed by atoms with Gasteiger partial charge in [0.25, 0.3) is 0 Å². The molecule has 3 aliphatic heterocycles. The Morgan fingerprint density at radius 3 is 2.62 bits per heavy atom. The topological polar surface area (TPSA) is 137 Å². The summed E-state index contributed by atoms with van der Waals surface area (Å²) in [6, 6.07) is 1.86. The van der Waals surface area contributed by atoms with Gasteiger partial charge in [-0.2, -0.15) is 0 Å². The fourth-order valence-corrected chi connectivity index (χ4v) is 4.52. The Hall–Kier alpha value is -2.25. The van der Waals surface area contributed by atoms with Gasteiger partial charge in [-0.15, -0.1) is 4.91 Å². The van der Waals surface area contributed by atoms with E-state index in [1.807, 2.05) is 6.07 Å². The first kappa shape index (κ1) is 22.9. The van der Waals surface area contributed by atoms with Crippen LogP contribution in [0.15, 0.2) is 23.6 Å². The minimum Gasteiger partial charge on any atom is -0.377 e. The number of piperazine rings is 1. The van der Waals surface area contributed by atoms with E-state index in [1.165, 1.54) is 0 Å². The second-order valence-corrected chi connectivity index (χ2v) is 8.86. The molecule has 0 radical (unpaired) electrons. The molecule has 0 saturated carbocycles. The third kappa shape index (κ3) is 4.74. The number of hydrogen-bond donors (Lipinski definition) is 4. The highest BCUT2D eigenvalue weighted by molar-refractivity contribution is 5.96. The number of anilines is 2.